The van der Waals surface area contributed by atoms with Gasteiger partial charge in [-0.3, -0.25) is 9.29 Å². The first-order chi connectivity index (χ1) is 5.64. The maximum absolute atomic E-state index is 13.0. The summed E-state index contributed by atoms with van der Waals surface area (Å²) in [7, 11) is 0. The second-order valence-corrected chi connectivity index (χ2v) is 4.43. The molecule has 12 heavy (non-hydrogen) atoms. The van der Waals surface area contributed by atoms with Crippen molar-refractivity contribution in [3.05, 3.63) is 0 Å². The van der Waals surface area contributed by atoms with E-state index in [1.165, 1.54) is 0 Å². The van der Waals surface area contributed by atoms with Gasteiger partial charge in [0.2, 0.25) is 0 Å². The van der Waals surface area contributed by atoms with Crippen molar-refractivity contribution in [1.29, 1.82) is 0 Å². The SMILES string of the molecule is C[C@@]12CC(CF)CN1C[C@H](F)C2. The van der Waals surface area contributed by atoms with E-state index in [4.69, 9.17) is 0 Å². The van der Waals surface area contributed by atoms with Crippen LogP contribution in [0.5, 0.6) is 0 Å². The number of hydrogen-bond donors (Lipinski definition) is 0. The van der Waals surface area contributed by atoms with E-state index in [1.807, 2.05) is 0 Å². The van der Waals surface area contributed by atoms with Crippen LogP contribution in [0.3, 0.4) is 0 Å². The van der Waals surface area contributed by atoms with Crippen molar-refractivity contribution in [3.63, 3.8) is 0 Å². The molecule has 0 aromatic carbocycles. The Morgan fingerprint density at radius 3 is 2.75 bits per heavy atom. The maximum Gasteiger partial charge on any atom is 0.115 e. The lowest BCUT2D eigenvalue weighted by atomic mass is 9.92. The minimum atomic E-state index is -0.685. The van der Waals surface area contributed by atoms with E-state index in [-0.39, 0.29) is 18.1 Å². The van der Waals surface area contributed by atoms with Gasteiger partial charge < -0.3 is 0 Å². The topological polar surface area (TPSA) is 3.24 Å². The van der Waals surface area contributed by atoms with Crippen molar-refractivity contribution < 1.29 is 8.78 Å². The Morgan fingerprint density at radius 2 is 2.17 bits per heavy atom. The van der Waals surface area contributed by atoms with E-state index < -0.39 is 6.17 Å². The molecule has 0 radical (unpaired) electrons. The molecule has 1 unspecified atom stereocenters. The largest absolute Gasteiger partial charge is 0.295 e. The van der Waals surface area contributed by atoms with Crippen molar-refractivity contribution in [3.8, 4) is 0 Å². The number of alkyl halides is 2. The third kappa shape index (κ3) is 1.15. The third-order valence-electron chi connectivity index (χ3n) is 3.27. The summed E-state index contributed by atoms with van der Waals surface area (Å²) in [5.74, 6) is 0.155. The highest BCUT2D eigenvalue weighted by Gasteiger charge is 2.48. The van der Waals surface area contributed by atoms with Crippen molar-refractivity contribution >= 4 is 0 Å². The van der Waals surface area contributed by atoms with Crippen molar-refractivity contribution in [1.82, 2.24) is 4.90 Å². The molecule has 2 aliphatic rings. The minimum Gasteiger partial charge on any atom is -0.295 e. The Kier molecular flexibility index (Phi) is 1.86. The average molecular weight is 175 g/mol. The van der Waals surface area contributed by atoms with Crippen molar-refractivity contribution in [2.75, 3.05) is 19.8 Å². The molecular weight excluding hydrogens is 160 g/mol. The first-order valence-electron chi connectivity index (χ1n) is 4.59. The highest BCUT2D eigenvalue weighted by Crippen LogP contribution is 2.42. The summed E-state index contributed by atoms with van der Waals surface area (Å²) in [6, 6.07) is 0. The van der Waals surface area contributed by atoms with Gasteiger partial charge in [-0.1, -0.05) is 0 Å². The zero-order valence-corrected chi connectivity index (χ0v) is 7.39. The molecule has 2 rings (SSSR count). The Hall–Kier alpha value is -0.180. The Labute approximate surface area is 71.7 Å². The van der Waals surface area contributed by atoms with E-state index in [1.54, 1.807) is 0 Å². The Bertz CT molecular complexity index is 185. The highest BCUT2D eigenvalue weighted by atomic mass is 19.1. The van der Waals surface area contributed by atoms with Crippen LogP contribution in [0.1, 0.15) is 19.8 Å². The monoisotopic (exact) mass is 175 g/mol. The van der Waals surface area contributed by atoms with Crippen LogP contribution < -0.4 is 0 Å². The number of fused-ring (bicyclic) bond motifs is 1. The predicted octanol–water partition coefficient (Wildman–Crippen LogP) is 1.78. The molecule has 0 bridgehead atoms. The van der Waals surface area contributed by atoms with Crippen molar-refractivity contribution in [2.24, 2.45) is 5.92 Å². The van der Waals surface area contributed by atoms with Crippen LogP contribution in [0.4, 0.5) is 8.78 Å². The summed E-state index contributed by atoms with van der Waals surface area (Å²) in [4.78, 5) is 2.11. The Morgan fingerprint density at radius 1 is 1.42 bits per heavy atom. The van der Waals surface area contributed by atoms with Gasteiger partial charge >= 0.3 is 0 Å². The van der Waals surface area contributed by atoms with Crippen LogP contribution in [-0.2, 0) is 0 Å². The maximum atomic E-state index is 13.0. The van der Waals surface area contributed by atoms with E-state index in [0.717, 1.165) is 13.0 Å². The van der Waals surface area contributed by atoms with Crippen molar-refractivity contribution in [2.45, 2.75) is 31.5 Å². The molecule has 2 fully saturated rings. The van der Waals surface area contributed by atoms with Gasteiger partial charge in [0.05, 0.1) is 6.67 Å². The molecular formula is C9H15F2N. The molecule has 1 nitrogen and oxygen atoms in total. The van der Waals surface area contributed by atoms with Gasteiger partial charge in [0.15, 0.2) is 0 Å². The number of rotatable bonds is 1. The van der Waals surface area contributed by atoms with Gasteiger partial charge in [-0.2, -0.15) is 0 Å². The van der Waals surface area contributed by atoms with E-state index in [9.17, 15) is 8.78 Å². The second-order valence-electron chi connectivity index (χ2n) is 4.43. The van der Waals surface area contributed by atoms with Gasteiger partial charge in [0.1, 0.15) is 6.17 Å². The van der Waals surface area contributed by atoms with Gasteiger partial charge in [-0.25, -0.2) is 4.39 Å². The first-order valence-corrected chi connectivity index (χ1v) is 4.59. The first kappa shape index (κ1) is 8.42. The zero-order valence-electron chi connectivity index (χ0n) is 7.39. The van der Waals surface area contributed by atoms with Gasteiger partial charge in [0.25, 0.3) is 0 Å². The number of halogens is 2. The molecule has 0 aromatic heterocycles. The van der Waals surface area contributed by atoms with Crippen LogP contribution in [0.25, 0.3) is 0 Å². The predicted molar refractivity (Wildman–Crippen MR) is 43.6 cm³/mol. The molecule has 0 aliphatic carbocycles. The third-order valence-corrected chi connectivity index (χ3v) is 3.27. The minimum absolute atomic E-state index is 0.0316. The highest BCUT2D eigenvalue weighted by molar-refractivity contribution is 5.03. The fourth-order valence-corrected chi connectivity index (χ4v) is 2.74. The molecule has 70 valence electrons. The van der Waals surface area contributed by atoms with Crippen LogP contribution in [0.2, 0.25) is 0 Å². The van der Waals surface area contributed by atoms with Gasteiger partial charge in [-0.05, 0) is 19.8 Å². The molecule has 2 saturated heterocycles. The van der Waals surface area contributed by atoms with Crippen LogP contribution in [0, 0.1) is 5.92 Å². The normalized spacial score (nSPS) is 48.2. The summed E-state index contributed by atoms with van der Waals surface area (Å²) in [6.45, 7) is 3.09. The lowest BCUT2D eigenvalue weighted by molar-refractivity contribution is 0.216. The number of hydrogen-bond acceptors (Lipinski definition) is 1. The summed E-state index contributed by atoms with van der Waals surface area (Å²) < 4.78 is 25.3. The Balaban J connectivity index is 2.07. The van der Waals surface area contributed by atoms with Gasteiger partial charge in [-0.15, -0.1) is 0 Å². The lowest BCUT2D eigenvalue weighted by Crippen LogP contribution is -2.34. The van der Waals surface area contributed by atoms with E-state index in [2.05, 4.69) is 11.8 Å². The summed E-state index contributed by atoms with van der Waals surface area (Å²) in [5, 5.41) is 0. The fraction of sp³-hybridized carbons (Fsp3) is 1.00. The number of nitrogens with zero attached hydrogens (tertiary/aromatic N) is 1. The van der Waals surface area contributed by atoms with Crippen LogP contribution in [0.15, 0.2) is 0 Å². The molecule has 0 saturated carbocycles. The average Bonchev–Trinajstić information content (AvgIpc) is 2.38. The standard InChI is InChI=1S/C9H15F2N/c1-9-2-7(4-10)5-12(9)6-8(11)3-9/h7-8H,2-6H2,1H3/t7?,8-,9+/m1/s1. The molecule has 0 spiro atoms. The quantitative estimate of drug-likeness (QED) is 0.587. The molecule has 3 atom stereocenters. The molecule has 2 aliphatic heterocycles. The lowest BCUT2D eigenvalue weighted by Gasteiger charge is -2.25. The van der Waals surface area contributed by atoms with Crippen LogP contribution in [-0.4, -0.2) is 36.4 Å². The van der Waals surface area contributed by atoms with Crippen LogP contribution >= 0.6 is 0 Å². The van der Waals surface area contributed by atoms with Gasteiger partial charge in [0, 0.05) is 24.5 Å². The summed E-state index contributed by atoms with van der Waals surface area (Å²) >= 11 is 0. The van der Waals surface area contributed by atoms with E-state index in [0.29, 0.717) is 13.0 Å². The smallest absolute Gasteiger partial charge is 0.115 e. The molecule has 2 heterocycles. The summed E-state index contributed by atoms with van der Waals surface area (Å²) in [5.41, 5.74) is -0.0316. The molecule has 3 heteroatoms. The zero-order chi connectivity index (χ0) is 8.77. The molecule has 0 aromatic rings. The molecule has 0 N–H and O–H groups in total. The summed E-state index contributed by atoms with van der Waals surface area (Å²) in [6.07, 6.45) is 0.753. The fourth-order valence-electron chi connectivity index (χ4n) is 2.74. The van der Waals surface area contributed by atoms with E-state index >= 15 is 0 Å². The molecule has 0 amide bonds. The second kappa shape index (κ2) is 2.66.